The van der Waals surface area contributed by atoms with Crippen LogP contribution in [0, 0.1) is 6.92 Å². The van der Waals surface area contributed by atoms with E-state index in [0.29, 0.717) is 23.5 Å². The number of ether oxygens (including phenoxy) is 1. The summed E-state index contributed by atoms with van der Waals surface area (Å²) in [6.07, 6.45) is 0. The summed E-state index contributed by atoms with van der Waals surface area (Å²) in [5, 5.41) is 3.23. The largest absolute Gasteiger partial charge is 0.462 e. The zero-order valence-corrected chi connectivity index (χ0v) is 13.5. The smallest absolute Gasteiger partial charge is 0.338 e. The Morgan fingerprint density at radius 3 is 2.71 bits per heavy atom. The van der Waals surface area contributed by atoms with Crippen molar-refractivity contribution in [3.8, 4) is 0 Å². The van der Waals surface area contributed by atoms with Crippen LogP contribution in [-0.4, -0.2) is 12.6 Å². The molecule has 0 heterocycles. The summed E-state index contributed by atoms with van der Waals surface area (Å²) in [4.78, 5) is 11.8. The highest BCUT2D eigenvalue weighted by Crippen LogP contribution is 2.27. The number of benzene rings is 2. The van der Waals surface area contributed by atoms with Crippen LogP contribution in [0.3, 0.4) is 0 Å². The van der Waals surface area contributed by atoms with Gasteiger partial charge in [-0.1, -0.05) is 15.9 Å². The first kappa shape index (κ1) is 15.4. The first-order chi connectivity index (χ1) is 9.99. The molecular weight excluding hydrogens is 332 g/mol. The molecule has 2 aromatic rings. The fraction of sp³-hybridized carbons (Fsp3) is 0.188. The van der Waals surface area contributed by atoms with Crippen LogP contribution in [-0.2, 0) is 4.74 Å². The molecule has 0 fully saturated rings. The molecule has 0 aliphatic carbocycles. The van der Waals surface area contributed by atoms with E-state index >= 15 is 0 Å². The van der Waals surface area contributed by atoms with Gasteiger partial charge in [0.25, 0.3) is 0 Å². The van der Waals surface area contributed by atoms with Gasteiger partial charge in [-0.25, -0.2) is 4.79 Å². The van der Waals surface area contributed by atoms with Gasteiger partial charge in [0.1, 0.15) is 0 Å². The van der Waals surface area contributed by atoms with Crippen LogP contribution < -0.4 is 11.1 Å². The van der Waals surface area contributed by atoms with Crippen molar-refractivity contribution in [2.75, 3.05) is 17.7 Å². The topological polar surface area (TPSA) is 64.3 Å². The second kappa shape index (κ2) is 6.63. The Labute approximate surface area is 132 Å². The molecule has 4 nitrogen and oxygen atoms in total. The summed E-state index contributed by atoms with van der Waals surface area (Å²) in [5.41, 5.74) is 9.70. The van der Waals surface area contributed by atoms with Crippen molar-refractivity contribution in [3.63, 3.8) is 0 Å². The predicted octanol–water partition coefficient (Wildman–Crippen LogP) is 4.26. The van der Waals surface area contributed by atoms with Gasteiger partial charge in [0.05, 0.1) is 23.5 Å². The Bertz CT molecular complexity index is 651. The minimum Gasteiger partial charge on any atom is -0.462 e. The molecule has 0 unspecified atom stereocenters. The summed E-state index contributed by atoms with van der Waals surface area (Å²) >= 11 is 3.46. The first-order valence-corrected chi connectivity index (χ1v) is 7.39. The fourth-order valence-electron chi connectivity index (χ4n) is 1.97. The SMILES string of the molecule is CCOC(=O)c1ccc(N)c(Nc2cc(C)cc(Br)c2)c1. The number of carbonyl (C=O) groups is 1. The molecule has 0 amide bonds. The van der Waals surface area contributed by atoms with Crippen molar-refractivity contribution in [2.24, 2.45) is 0 Å². The monoisotopic (exact) mass is 348 g/mol. The third-order valence-corrected chi connectivity index (χ3v) is 3.34. The molecule has 5 heteroatoms. The average molecular weight is 349 g/mol. The molecule has 0 saturated carbocycles. The zero-order valence-electron chi connectivity index (χ0n) is 11.9. The van der Waals surface area contributed by atoms with Crippen molar-refractivity contribution >= 4 is 39.0 Å². The van der Waals surface area contributed by atoms with Crippen LogP contribution in [0.25, 0.3) is 0 Å². The van der Waals surface area contributed by atoms with Crippen LogP contribution in [0.5, 0.6) is 0 Å². The van der Waals surface area contributed by atoms with E-state index in [1.54, 1.807) is 25.1 Å². The zero-order chi connectivity index (χ0) is 15.4. The highest BCUT2D eigenvalue weighted by molar-refractivity contribution is 9.10. The number of halogens is 1. The number of esters is 1. The normalized spacial score (nSPS) is 10.2. The van der Waals surface area contributed by atoms with E-state index in [1.807, 2.05) is 25.1 Å². The van der Waals surface area contributed by atoms with Crippen LogP contribution in [0.15, 0.2) is 40.9 Å². The molecule has 0 aliphatic heterocycles. The summed E-state index contributed by atoms with van der Waals surface area (Å²) < 4.78 is 5.97. The maximum Gasteiger partial charge on any atom is 0.338 e. The van der Waals surface area contributed by atoms with Crippen molar-refractivity contribution in [2.45, 2.75) is 13.8 Å². The molecule has 0 atom stereocenters. The van der Waals surface area contributed by atoms with E-state index < -0.39 is 0 Å². The van der Waals surface area contributed by atoms with Gasteiger partial charge in [0.15, 0.2) is 0 Å². The third kappa shape index (κ3) is 3.98. The molecule has 0 spiro atoms. The van der Waals surface area contributed by atoms with E-state index in [0.717, 1.165) is 15.7 Å². The van der Waals surface area contributed by atoms with E-state index in [2.05, 4.69) is 21.2 Å². The number of hydrogen-bond donors (Lipinski definition) is 2. The predicted molar refractivity (Wildman–Crippen MR) is 89.0 cm³/mol. The number of carbonyl (C=O) groups excluding carboxylic acids is 1. The summed E-state index contributed by atoms with van der Waals surface area (Å²) in [7, 11) is 0. The molecular formula is C16H17BrN2O2. The lowest BCUT2D eigenvalue weighted by Gasteiger charge is -2.12. The lowest BCUT2D eigenvalue weighted by molar-refractivity contribution is 0.0526. The van der Waals surface area contributed by atoms with Crippen LogP contribution in [0.1, 0.15) is 22.8 Å². The van der Waals surface area contributed by atoms with Gasteiger partial charge in [-0.15, -0.1) is 0 Å². The van der Waals surface area contributed by atoms with Gasteiger partial charge in [-0.3, -0.25) is 0 Å². The summed E-state index contributed by atoms with van der Waals surface area (Å²) in [6, 6.07) is 11.0. The van der Waals surface area contributed by atoms with Crippen LogP contribution >= 0.6 is 15.9 Å². The van der Waals surface area contributed by atoms with Gasteiger partial charge in [0, 0.05) is 10.2 Å². The second-order valence-corrected chi connectivity index (χ2v) is 5.58. The number of nitrogen functional groups attached to an aromatic ring is 1. The van der Waals surface area contributed by atoms with E-state index in [4.69, 9.17) is 10.5 Å². The van der Waals surface area contributed by atoms with Gasteiger partial charge in [-0.2, -0.15) is 0 Å². The number of anilines is 3. The van der Waals surface area contributed by atoms with Gasteiger partial charge in [-0.05, 0) is 55.8 Å². The highest BCUT2D eigenvalue weighted by atomic mass is 79.9. The standard InChI is InChI=1S/C16H17BrN2O2/c1-3-21-16(20)11-4-5-14(18)15(8-11)19-13-7-10(2)6-12(17)9-13/h4-9,19H,3,18H2,1-2H3. The Morgan fingerprint density at radius 1 is 1.29 bits per heavy atom. The Balaban J connectivity index is 2.30. The lowest BCUT2D eigenvalue weighted by Crippen LogP contribution is -2.06. The molecule has 0 saturated heterocycles. The number of rotatable bonds is 4. The molecule has 0 aliphatic rings. The minimum atomic E-state index is -0.356. The van der Waals surface area contributed by atoms with Crippen molar-refractivity contribution in [1.29, 1.82) is 0 Å². The van der Waals surface area contributed by atoms with Crippen LogP contribution in [0.4, 0.5) is 17.1 Å². The van der Waals surface area contributed by atoms with Crippen LogP contribution in [0.2, 0.25) is 0 Å². The number of nitrogens with one attached hydrogen (secondary N) is 1. The maximum absolute atomic E-state index is 11.8. The third-order valence-electron chi connectivity index (χ3n) is 2.89. The van der Waals surface area contributed by atoms with E-state index in [-0.39, 0.29) is 5.97 Å². The Morgan fingerprint density at radius 2 is 2.05 bits per heavy atom. The molecule has 2 aromatic carbocycles. The number of aryl methyl sites for hydroxylation is 1. The molecule has 21 heavy (non-hydrogen) atoms. The number of nitrogens with two attached hydrogens (primary N) is 1. The molecule has 0 aromatic heterocycles. The van der Waals surface area contributed by atoms with E-state index in [1.165, 1.54) is 0 Å². The van der Waals surface area contributed by atoms with Gasteiger partial charge in [0.2, 0.25) is 0 Å². The second-order valence-electron chi connectivity index (χ2n) is 4.66. The average Bonchev–Trinajstić information content (AvgIpc) is 2.40. The Kier molecular flexibility index (Phi) is 4.85. The summed E-state index contributed by atoms with van der Waals surface area (Å²) in [5.74, 6) is -0.356. The van der Waals surface area contributed by atoms with Crippen molar-refractivity contribution in [1.82, 2.24) is 0 Å². The molecule has 3 N–H and O–H groups in total. The quantitative estimate of drug-likeness (QED) is 0.639. The molecule has 0 bridgehead atoms. The van der Waals surface area contributed by atoms with Gasteiger partial charge < -0.3 is 15.8 Å². The first-order valence-electron chi connectivity index (χ1n) is 6.60. The minimum absolute atomic E-state index is 0.344. The molecule has 2 rings (SSSR count). The molecule has 110 valence electrons. The van der Waals surface area contributed by atoms with Gasteiger partial charge >= 0.3 is 5.97 Å². The number of hydrogen-bond acceptors (Lipinski definition) is 4. The highest BCUT2D eigenvalue weighted by Gasteiger charge is 2.09. The lowest BCUT2D eigenvalue weighted by atomic mass is 10.1. The Hall–Kier alpha value is -2.01. The van der Waals surface area contributed by atoms with Crippen molar-refractivity contribution in [3.05, 3.63) is 52.0 Å². The summed E-state index contributed by atoms with van der Waals surface area (Å²) in [6.45, 7) is 4.13. The van der Waals surface area contributed by atoms with E-state index in [9.17, 15) is 4.79 Å². The van der Waals surface area contributed by atoms with Crippen molar-refractivity contribution < 1.29 is 9.53 Å². The molecule has 0 radical (unpaired) electrons. The maximum atomic E-state index is 11.8. The fourth-order valence-corrected chi connectivity index (χ4v) is 2.58.